The summed E-state index contributed by atoms with van der Waals surface area (Å²) in [5.74, 6) is 0.306. The summed E-state index contributed by atoms with van der Waals surface area (Å²) in [6.07, 6.45) is 9.39. The molecule has 2 aromatic rings. The molecule has 4 rings (SSSR count). The van der Waals surface area contributed by atoms with Crippen LogP contribution < -0.4 is 0 Å². The van der Waals surface area contributed by atoms with E-state index in [0.29, 0.717) is 24.5 Å². The van der Waals surface area contributed by atoms with Crippen molar-refractivity contribution >= 4 is 17.1 Å². The fourth-order valence-electron chi connectivity index (χ4n) is 4.24. The quantitative estimate of drug-likeness (QED) is 0.861. The van der Waals surface area contributed by atoms with Crippen molar-refractivity contribution in [1.29, 1.82) is 0 Å². The van der Waals surface area contributed by atoms with Crippen LogP contribution >= 0.6 is 0 Å². The lowest BCUT2D eigenvalue weighted by molar-refractivity contribution is -0.136. The van der Waals surface area contributed by atoms with Gasteiger partial charge in [-0.15, -0.1) is 0 Å². The molecular weight excluding hydrogens is 314 g/mol. The highest BCUT2D eigenvalue weighted by Crippen LogP contribution is 2.26. The Balaban J connectivity index is 1.34. The lowest BCUT2D eigenvalue weighted by Crippen LogP contribution is -2.48. The standard InChI is InChI=1S/C19H27N5O/c1-15-5-2-3-10-23(15)18(25)13-22-11-7-16(8-12-22)24-14-21-17-6-4-9-20-19(17)24/h4,6,9,14-16H,2-3,5,7-8,10-13H2,1H3/t15-/m1/s1. The Morgan fingerprint density at radius 3 is 2.80 bits per heavy atom. The lowest BCUT2D eigenvalue weighted by Gasteiger charge is -2.37. The number of carbonyl (C=O) groups is 1. The molecular formula is C19H27N5O. The van der Waals surface area contributed by atoms with E-state index in [1.807, 2.05) is 24.7 Å². The molecule has 0 aliphatic carbocycles. The van der Waals surface area contributed by atoms with E-state index in [0.717, 1.165) is 56.5 Å². The van der Waals surface area contributed by atoms with Crippen molar-refractivity contribution in [3.63, 3.8) is 0 Å². The molecule has 6 heteroatoms. The zero-order valence-corrected chi connectivity index (χ0v) is 15.0. The molecule has 2 fully saturated rings. The van der Waals surface area contributed by atoms with E-state index in [1.54, 1.807) is 0 Å². The van der Waals surface area contributed by atoms with Crippen molar-refractivity contribution in [3.05, 3.63) is 24.7 Å². The van der Waals surface area contributed by atoms with Gasteiger partial charge in [-0.05, 0) is 51.2 Å². The van der Waals surface area contributed by atoms with Crippen molar-refractivity contribution in [2.75, 3.05) is 26.2 Å². The minimum absolute atomic E-state index is 0.306. The van der Waals surface area contributed by atoms with Gasteiger partial charge in [0.15, 0.2) is 5.65 Å². The maximum atomic E-state index is 12.6. The fourth-order valence-corrected chi connectivity index (χ4v) is 4.24. The summed E-state index contributed by atoms with van der Waals surface area (Å²) < 4.78 is 2.21. The van der Waals surface area contributed by atoms with Gasteiger partial charge in [0.1, 0.15) is 5.52 Å². The normalized spacial score (nSPS) is 23.2. The van der Waals surface area contributed by atoms with Gasteiger partial charge in [0.2, 0.25) is 5.91 Å². The number of imidazole rings is 1. The summed E-state index contributed by atoms with van der Waals surface area (Å²) in [5, 5.41) is 0. The first-order chi connectivity index (χ1) is 12.2. The number of rotatable bonds is 3. The van der Waals surface area contributed by atoms with Gasteiger partial charge in [-0.1, -0.05) is 0 Å². The SMILES string of the molecule is C[C@@H]1CCCCN1C(=O)CN1CCC(n2cnc3cccnc32)CC1. The number of piperidine rings is 2. The maximum absolute atomic E-state index is 12.6. The van der Waals surface area contributed by atoms with Crippen LogP contribution in [0.5, 0.6) is 0 Å². The van der Waals surface area contributed by atoms with Crippen LogP contribution in [0.3, 0.4) is 0 Å². The molecule has 2 aromatic heterocycles. The Hall–Kier alpha value is -1.95. The number of hydrogen-bond donors (Lipinski definition) is 0. The van der Waals surface area contributed by atoms with Crippen LogP contribution in [0.1, 0.15) is 45.1 Å². The summed E-state index contributed by atoms with van der Waals surface area (Å²) in [5.41, 5.74) is 1.93. The monoisotopic (exact) mass is 341 g/mol. The zero-order chi connectivity index (χ0) is 17.2. The molecule has 6 nitrogen and oxygen atoms in total. The number of carbonyl (C=O) groups excluding carboxylic acids is 1. The van der Waals surface area contributed by atoms with Crippen LogP contribution in [0.15, 0.2) is 24.7 Å². The Morgan fingerprint density at radius 1 is 1.16 bits per heavy atom. The summed E-state index contributed by atoms with van der Waals surface area (Å²) in [4.78, 5) is 26.0. The molecule has 1 amide bonds. The number of nitrogens with zero attached hydrogens (tertiary/aromatic N) is 5. The van der Waals surface area contributed by atoms with Gasteiger partial charge in [-0.25, -0.2) is 9.97 Å². The van der Waals surface area contributed by atoms with Crippen LogP contribution in [-0.2, 0) is 4.79 Å². The van der Waals surface area contributed by atoms with Crippen LogP contribution in [0.25, 0.3) is 11.2 Å². The average Bonchev–Trinajstić information content (AvgIpc) is 3.07. The van der Waals surface area contributed by atoms with Gasteiger partial charge >= 0.3 is 0 Å². The molecule has 134 valence electrons. The van der Waals surface area contributed by atoms with E-state index in [1.165, 1.54) is 6.42 Å². The molecule has 0 spiro atoms. The minimum atomic E-state index is 0.306. The Labute approximate surface area is 148 Å². The van der Waals surface area contributed by atoms with E-state index in [4.69, 9.17) is 0 Å². The summed E-state index contributed by atoms with van der Waals surface area (Å²) in [7, 11) is 0. The van der Waals surface area contributed by atoms with E-state index in [9.17, 15) is 4.79 Å². The van der Waals surface area contributed by atoms with Gasteiger partial charge in [-0.3, -0.25) is 9.69 Å². The van der Waals surface area contributed by atoms with Gasteiger partial charge in [-0.2, -0.15) is 0 Å². The van der Waals surface area contributed by atoms with Gasteiger partial charge < -0.3 is 9.47 Å². The highest BCUT2D eigenvalue weighted by molar-refractivity contribution is 5.78. The molecule has 2 aliphatic heterocycles. The number of likely N-dealkylation sites (tertiary alicyclic amines) is 2. The van der Waals surface area contributed by atoms with Crippen molar-refractivity contribution < 1.29 is 4.79 Å². The summed E-state index contributed by atoms with van der Waals surface area (Å²) in [6, 6.07) is 4.77. The van der Waals surface area contributed by atoms with Crippen molar-refractivity contribution in [2.24, 2.45) is 0 Å². The molecule has 0 radical (unpaired) electrons. The number of fused-ring (bicyclic) bond motifs is 1. The molecule has 4 heterocycles. The van der Waals surface area contributed by atoms with E-state index < -0.39 is 0 Å². The molecule has 25 heavy (non-hydrogen) atoms. The molecule has 0 unspecified atom stereocenters. The first kappa shape index (κ1) is 16.5. The Morgan fingerprint density at radius 2 is 2.00 bits per heavy atom. The van der Waals surface area contributed by atoms with Crippen molar-refractivity contribution in [2.45, 2.75) is 51.1 Å². The predicted octanol–water partition coefficient (Wildman–Crippen LogP) is 2.47. The minimum Gasteiger partial charge on any atom is -0.339 e. The molecule has 0 aromatic carbocycles. The van der Waals surface area contributed by atoms with Crippen LogP contribution in [0.4, 0.5) is 0 Å². The average molecular weight is 341 g/mol. The predicted molar refractivity (Wildman–Crippen MR) is 97.3 cm³/mol. The lowest BCUT2D eigenvalue weighted by atomic mass is 10.0. The van der Waals surface area contributed by atoms with Crippen LogP contribution in [0.2, 0.25) is 0 Å². The Kier molecular flexibility index (Phi) is 4.70. The smallest absolute Gasteiger partial charge is 0.236 e. The van der Waals surface area contributed by atoms with E-state index in [2.05, 4.69) is 31.3 Å². The van der Waals surface area contributed by atoms with E-state index in [-0.39, 0.29) is 0 Å². The number of aromatic nitrogens is 3. The third-order valence-corrected chi connectivity index (χ3v) is 5.76. The van der Waals surface area contributed by atoms with Crippen molar-refractivity contribution in [1.82, 2.24) is 24.3 Å². The van der Waals surface area contributed by atoms with Gasteiger partial charge in [0.25, 0.3) is 0 Å². The van der Waals surface area contributed by atoms with Crippen molar-refractivity contribution in [3.8, 4) is 0 Å². The molecule has 1 atom stereocenters. The second-order valence-electron chi connectivity index (χ2n) is 7.44. The second kappa shape index (κ2) is 7.12. The Bertz CT molecular complexity index is 734. The topological polar surface area (TPSA) is 54.3 Å². The first-order valence-corrected chi connectivity index (χ1v) is 9.52. The second-order valence-corrected chi connectivity index (χ2v) is 7.44. The highest BCUT2D eigenvalue weighted by Gasteiger charge is 2.27. The zero-order valence-electron chi connectivity index (χ0n) is 15.0. The molecule has 0 bridgehead atoms. The molecule has 2 aliphatic rings. The van der Waals surface area contributed by atoms with Crippen LogP contribution in [0, 0.1) is 0 Å². The fraction of sp³-hybridized carbons (Fsp3) is 0.632. The highest BCUT2D eigenvalue weighted by atomic mass is 16.2. The van der Waals surface area contributed by atoms with Gasteiger partial charge in [0.05, 0.1) is 12.9 Å². The molecule has 0 saturated carbocycles. The maximum Gasteiger partial charge on any atom is 0.236 e. The van der Waals surface area contributed by atoms with E-state index >= 15 is 0 Å². The third-order valence-electron chi connectivity index (χ3n) is 5.76. The third kappa shape index (κ3) is 3.40. The first-order valence-electron chi connectivity index (χ1n) is 9.52. The summed E-state index contributed by atoms with van der Waals surface area (Å²) >= 11 is 0. The van der Waals surface area contributed by atoms with Gasteiger partial charge in [0, 0.05) is 37.9 Å². The van der Waals surface area contributed by atoms with Crippen LogP contribution in [-0.4, -0.2) is 62.5 Å². The number of hydrogen-bond acceptors (Lipinski definition) is 4. The summed E-state index contributed by atoms with van der Waals surface area (Å²) in [6.45, 7) is 5.61. The molecule has 2 saturated heterocycles. The number of amides is 1. The number of pyridine rings is 1. The largest absolute Gasteiger partial charge is 0.339 e. The molecule has 0 N–H and O–H groups in total.